The van der Waals surface area contributed by atoms with Crippen LogP contribution >= 0.6 is 0 Å². The van der Waals surface area contributed by atoms with Gasteiger partial charge in [-0.1, -0.05) is 0 Å². The van der Waals surface area contributed by atoms with Crippen molar-refractivity contribution in [3.05, 3.63) is 36.4 Å². The Kier molecular flexibility index (Phi) is 3.63. The van der Waals surface area contributed by atoms with Crippen molar-refractivity contribution in [2.75, 3.05) is 11.9 Å². The van der Waals surface area contributed by atoms with E-state index in [9.17, 15) is 9.90 Å². The lowest BCUT2D eigenvalue weighted by atomic mass is 10.3. The second-order valence-electron chi connectivity index (χ2n) is 3.74. The van der Waals surface area contributed by atoms with E-state index in [4.69, 9.17) is 4.42 Å². The first-order chi connectivity index (χ1) is 8.65. The average Bonchev–Trinajstić information content (AvgIpc) is 2.97. The number of hydrogen-bond donors (Lipinski definition) is 3. The van der Waals surface area contributed by atoms with E-state index in [1.807, 2.05) is 0 Å². The lowest BCUT2D eigenvalue weighted by molar-refractivity contribution is 0.149. The average molecular weight is 250 g/mol. The number of urea groups is 1. The molecule has 0 radical (unpaired) electrons. The molecule has 0 fully saturated rings. The molecule has 0 aliphatic heterocycles. The second kappa shape index (κ2) is 5.37. The van der Waals surface area contributed by atoms with Gasteiger partial charge in [0.05, 0.1) is 12.8 Å². The van der Waals surface area contributed by atoms with Gasteiger partial charge >= 0.3 is 6.03 Å². The summed E-state index contributed by atoms with van der Waals surface area (Å²) in [6, 6.07) is 4.55. The van der Waals surface area contributed by atoms with Crippen LogP contribution in [0.1, 0.15) is 11.9 Å². The summed E-state index contributed by atoms with van der Waals surface area (Å²) in [7, 11) is 1.75. The van der Waals surface area contributed by atoms with Crippen molar-refractivity contribution in [2.45, 2.75) is 6.10 Å². The van der Waals surface area contributed by atoms with Crippen molar-refractivity contribution in [3.63, 3.8) is 0 Å². The summed E-state index contributed by atoms with van der Waals surface area (Å²) in [5, 5.41) is 18.7. The molecule has 7 heteroatoms. The molecule has 0 saturated heterocycles. The summed E-state index contributed by atoms with van der Waals surface area (Å²) in [5.41, 5.74) is 0. The third kappa shape index (κ3) is 3.11. The number of aromatic nitrogens is 2. The van der Waals surface area contributed by atoms with E-state index >= 15 is 0 Å². The van der Waals surface area contributed by atoms with Gasteiger partial charge in [-0.05, 0) is 12.1 Å². The summed E-state index contributed by atoms with van der Waals surface area (Å²) in [5.74, 6) is 0.857. The molecule has 2 aromatic heterocycles. The van der Waals surface area contributed by atoms with E-state index < -0.39 is 12.1 Å². The molecule has 7 nitrogen and oxygen atoms in total. The fourth-order valence-corrected chi connectivity index (χ4v) is 1.41. The molecule has 2 aromatic rings. The van der Waals surface area contributed by atoms with Crippen LogP contribution in [0.5, 0.6) is 0 Å². The molecule has 0 bridgehead atoms. The first-order valence-corrected chi connectivity index (χ1v) is 5.41. The fourth-order valence-electron chi connectivity index (χ4n) is 1.41. The number of rotatable bonds is 4. The number of carbonyl (C=O) groups is 1. The number of nitrogens with zero attached hydrogens (tertiary/aromatic N) is 2. The molecule has 18 heavy (non-hydrogen) atoms. The number of aryl methyl sites for hydroxylation is 1. The molecular formula is C11H14N4O3. The van der Waals surface area contributed by atoms with Gasteiger partial charge in [-0.3, -0.25) is 10.00 Å². The number of amides is 2. The van der Waals surface area contributed by atoms with Gasteiger partial charge in [0.25, 0.3) is 0 Å². The van der Waals surface area contributed by atoms with Gasteiger partial charge in [0, 0.05) is 19.3 Å². The summed E-state index contributed by atoms with van der Waals surface area (Å²) in [6.45, 7) is 0.0617. The Morgan fingerprint density at radius 3 is 3.06 bits per heavy atom. The van der Waals surface area contributed by atoms with Crippen LogP contribution in [0.2, 0.25) is 0 Å². The van der Waals surface area contributed by atoms with Gasteiger partial charge in [-0.15, -0.1) is 0 Å². The van der Waals surface area contributed by atoms with E-state index in [-0.39, 0.29) is 6.54 Å². The number of carbonyl (C=O) groups excluding carboxylic acids is 1. The maximum atomic E-state index is 11.5. The van der Waals surface area contributed by atoms with Crippen molar-refractivity contribution in [3.8, 4) is 0 Å². The monoisotopic (exact) mass is 250 g/mol. The van der Waals surface area contributed by atoms with Crippen LogP contribution in [-0.4, -0.2) is 27.5 Å². The predicted molar refractivity (Wildman–Crippen MR) is 63.9 cm³/mol. The summed E-state index contributed by atoms with van der Waals surface area (Å²) >= 11 is 0. The SMILES string of the molecule is Cn1ccc(NC(=O)NCC(O)c2ccco2)n1. The minimum Gasteiger partial charge on any atom is -0.467 e. The Morgan fingerprint density at radius 1 is 1.61 bits per heavy atom. The van der Waals surface area contributed by atoms with E-state index in [0.29, 0.717) is 11.6 Å². The molecule has 96 valence electrons. The third-order valence-electron chi connectivity index (χ3n) is 2.28. The van der Waals surface area contributed by atoms with Gasteiger partial charge in [-0.25, -0.2) is 4.79 Å². The zero-order chi connectivity index (χ0) is 13.0. The highest BCUT2D eigenvalue weighted by atomic mass is 16.4. The first-order valence-electron chi connectivity index (χ1n) is 5.41. The highest BCUT2D eigenvalue weighted by Crippen LogP contribution is 2.11. The predicted octanol–water partition coefficient (Wildman–Crippen LogP) is 0.868. The molecular weight excluding hydrogens is 236 g/mol. The Hall–Kier alpha value is -2.28. The fraction of sp³-hybridized carbons (Fsp3) is 0.273. The maximum absolute atomic E-state index is 11.5. The van der Waals surface area contributed by atoms with Crippen LogP contribution in [0.15, 0.2) is 35.1 Å². The maximum Gasteiger partial charge on any atom is 0.320 e. The molecule has 1 unspecified atom stereocenters. The molecule has 0 saturated carbocycles. The number of aliphatic hydroxyl groups excluding tert-OH is 1. The Labute approximate surface area is 103 Å². The standard InChI is InChI=1S/C11H14N4O3/c1-15-5-4-10(14-15)13-11(17)12-7-8(16)9-3-2-6-18-9/h2-6,8,16H,7H2,1H3,(H2,12,13,14,17). The van der Waals surface area contributed by atoms with Crippen molar-refractivity contribution in [1.29, 1.82) is 0 Å². The number of anilines is 1. The molecule has 0 aromatic carbocycles. The number of hydrogen-bond acceptors (Lipinski definition) is 4. The Morgan fingerprint density at radius 2 is 2.44 bits per heavy atom. The van der Waals surface area contributed by atoms with E-state index in [1.165, 1.54) is 6.26 Å². The van der Waals surface area contributed by atoms with Crippen LogP contribution in [0.25, 0.3) is 0 Å². The number of nitrogens with one attached hydrogen (secondary N) is 2. The van der Waals surface area contributed by atoms with Crippen LogP contribution in [0, 0.1) is 0 Å². The lowest BCUT2D eigenvalue weighted by Gasteiger charge is -2.09. The normalized spacial score (nSPS) is 12.1. The molecule has 2 amide bonds. The molecule has 2 rings (SSSR count). The van der Waals surface area contributed by atoms with Gasteiger partial charge in [0.2, 0.25) is 0 Å². The minimum atomic E-state index is -0.866. The highest BCUT2D eigenvalue weighted by Gasteiger charge is 2.12. The van der Waals surface area contributed by atoms with Crippen molar-refractivity contribution < 1.29 is 14.3 Å². The van der Waals surface area contributed by atoms with E-state index in [2.05, 4.69) is 15.7 Å². The van der Waals surface area contributed by atoms with Crippen molar-refractivity contribution >= 4 is 11.8 Å². The first kappa shape index (κ1) is 12.2. The zero-order valence-electron chi connectivity index (χ0n) is 9.83. The Bertz CT molecular complexity index is 506. The van der Waals surface area contributed by atoms with Crippen molar-refractivity contribution in [2.24, 2.45) is 7.05 Å². The topological polar surface area (TPSA) is 92.3 Å². The van der Waals surface area contributed by atoms with Crippen LogP contribution in [0.3, 0.4) is 0 Å². The number of aliphatic hydroxyl groups is 1. The lowest BCUT2D eigenvalue weighted by Crippen LogP contribution is -2.32. The van der Waals surface area contributed by atoms with E-state index in [0.717, 1.165) is 0 Å². The molecule has 0 spiro atoms. The summed E-state index contributed by atoms with van der Waals surface area (Å²) in [4.78, 5) is 11.5. The van der Waals surface area contributed by atoms with Gasteiger partial charge in [0.15, 0.2) is 5.82 Å². The largest absolute Gasteiger partial charge is 0.467 e. The van der Waals surface area contributed by atoms with Crippen LogP contribution in [-0.2, 0) is 7.05 Å². The highest BCUT2D eigenvalue weighted by molar-refractivity contribution is 5.88. The van der Waals surface area contributed by atoms with Crippen molar-refractivity contribution in [1.82, 2.24) is 15.1 Å². The molecule has 1 atom stereocenters. The smallest absolute Gasteiger partial charge is 0.320 e. The quantitative estimate of drug-likeness (QED) is 0.750. The molecule has 0 aliphatic rings. The summed E-state index contributed by atoms with van der Waals surface area (Å²) < 4.78 is 6.59. The summed E-state index contributed by atoms with van der Waals surface area (Å²) in [6.07, 6.45) is 2.31. The zero-order valence-corrected chi connectivity index (χ0v) is 9.83. The minimum absolute atomic E-state index is 0.0617. The van der Waals surface area contributed by atoms with E-state index in [1.54, 1.807) is 36.1 Å². The molecule has 0 aliphatic carbocycles. The number of furan rings is 1. The van der Waals surface area contributed by atoms with Gasteiger partial charge < -0.3 is 14.8 Å². The third-order valence-corrected chi connectivity index (χ3v) is 2.28. The Balaban J connectivity index is 1.78. The van der Waals surface area contributed by atoms with Crippen LogP contribution < -0.4 is 10.6 Å². The van der Waals surface area contributed by atoms with Gasteiger partial charge in [-0.2, -0.15) is 5.10 Å². The second-order valence-corrected chi connectivity index (χ2v) is 3.74. The van der Waals surface area contributed by atoms with Crippen LogP contribution in [0.4, 0.5) is 10.6 Å². The van der Waals surface area contributed by atoms with Gasteiger partial charge in [0.1, 0.15) is 11.9 Å². The molecule has 2 heterocycles. The molecule has 3 N–H and O–H groups in total.